The van der Waals surface area contributed by atoms with E-state index in [2.05, 4.69) is 20.7 Å². The van der Waals surface area contributed by atoms with Gasteiger partial charge in [0.05, 0.1) is 17.4 Å². The second kappa shape index (κ2) is 9.71. The Morgan fingerprint density at radius 1 is 1.09 bits per heavy atom. The summed E-state index contributed by atoms with van der Waals surface area (Å²) >= 11 is 3.27. The monoisotopic (exact) mass is 546 g/mol. The van der Waals surface area contributed by atoms with Crippen molar-refractivity contribution >= 4 is 43.5 Å². The van der Waals surface area contributed by atoms with Crippen molar-refractivity contribution < 1.29 is 27.5 Å². The van der Waals surface area contributed by atoms with E-state index < -0.39 is 27.5 Å². The van der Waals surface area contributed by atoms with E-state index >= 15 is 0 Å². The number of piperidine rings is 1. The third-order valence-corrected chi connectivity index (χ3v) is 7.71. The van der Waals surface area contributed by atoms with Crippen LogP contribution in [0.25, 0.3) is 0 Å². The number of fused-ring (bicyclic) bond motifs is 1. The molecule has 8 nitrogen and oxygen atoms in total. The van der Waals surface area contributed by atoms with E-state index in [1.54, 1.807) is 42.2 Å². The zero-order valence-electron chi connectivity index (χ0n) is 18.4. The number of allylic oxidation sites excluding steroid dienone is 2. The van der Waals surface area contributed by atoms with E-state index in [1.807, 2.05) is 0 Å². The summed E-state index contributed by atoms with van der Waals surface area (Å²) in [6.07, 6.45) is 1.17. The standard InChI is InChI=1S/C24H23BrN2O6S/c1-2-33-24(30)15-6-5-13-27(14-15)21-20(22(28)18-7-3-4-8-19(18)23(21)29)26-34(31,32)17-11-9-16(25)10-12-17/h3-4,7-12,15,26H,2,5-6,13-14H2,1H3/t15-/m0/s1. The number of likely N-dealkylation sites (tertiary alicyclic amines) is 1. The van der Waals surface area contributed by atoms with Crippen molar-refractivity contribution in [2.24, 2.45) is 5.92 Å². The van der Waals surface area contributed by atoms with Crippen LogP contribution >= 0.6 is 15.9 Å². The van der Waals surface area contributed by atoms with Crippen molar-refractivity contribution in [1.29, 1.82) is 0 Å². The number of halogens is 1. The summed E-state index contributed by atoms with van der Waals surface area (Å²) < 4.78 is 34.5. The molecule has 1 aliphatic heterocycles. The Kier molecular flexibility index (Phi) is 6.90. The fourth-order valence-electron chi connectivity index (χ4n) is 4.20. The van der Waals surface area contributed by atoms with Crippen LogP contribution in [-0.4, -0.2) is 50.5 Å². The molecule has 0 spiro atoms. The highest BCUT2D eigenvalue weighted by Crippen LogP contribution is 2.31. The van der Waals surface area contributed by atoms with E-state index in [0.29, 0.717) is 23.9 Å². The summed E-state index contributed by atoms with van der Waals surface area (Å²) in [5, 5.41) is 0. The minimum absolute atomic E-state index is 0.0432. The lowest BCUT2D eigenvalue weighted by Gasteiger charge is -2.36. The van der Waals surface area contributed by atoms with Crippen LogP contribution in [0, 0.1) is 5.92 Å². The topological polar surface area (TPSA) is 110 Å². The van der Waals surface area contributed by atoms with Gasteiger partial charge in [-0.15, -0.1) is 0 Å². The molecular weight excluding hydrogens is 524 g/mol. The maximum absolute atomic E-state index is 13.5. The maximum atomic E-state index is 13.5. The number of nitrogens with one attached hydrogen (secondary N) is 1. The Bertz CT molecular complexity index is 1290. The van der Waals surface area contributed by atoms with Gasteiger partial charge in [0.15, 0.2) is 0 Å². The van der Waals surface area contributed by atoms with Gasteiger partial charge in [0.25, 0.3) is 10.0 Å². The quantitative estimate of drug-likeness (QED) is 0.553. The fraction of sp³-hybridized carbons (Fsp3) is 0.292. The van der Waals surface area contributed by atoms with Gasteiger partial charge in [-0.2, -0.15) is 0 Å². The van der Waals surface area contributed by atoms with Gasteiger partial charge in [-0.3, -0.25) is 19.1 Å². The van der Waals surface area contributed by atoms with Gasteiger partial charge in [-0.05, 0) is 44.0 Å². The first kappa shape index (κ1) is 24.2. The smallest absolute Gasteiger partial charge is 0.310 e. The molecule has 0 saturated carbocycles. The highest BCUT2D eigenvalue weighted by Gasteiger charge is 2.39. The summed E-state index contributed by atoms with van der Waals surface area (Å²) in [6, 6.07) is 12.2. The Morgan fingerprint density at radius 2 is 1.74 bits per heavy atom. The zero-order valence-corrected chi connectivity index (χ0v) is 20.8. The summed E-state index contributed by atoms with van der Waals surface area (Å²) in [7, 11) is -4.17. The van der Waals surface area contributed by atoms with Crippen LogP contribution < -0.4 is 4.72 Å². The van der Waals surface area contributed by atoms with Crippen LogP contribution in [0.2, 0.25) is 0 Å². The average Bonchev–Trinajstić information content (AvgIpc) is 2.83. The number of benzene rings is 2. The SMILES string of the molecule is CCOC(=O)[C@H]1CCCN(C2=C(NS(=O)(=O)c3ccc(Br)cc3)C(=O)c3ccccc3C2=O)C1. The molecule has 1 atom stereocenters. The molecule has 2 aromatic rings. The number of rotatable bonds is 6. The van der Waals surface area contributed by atoms with Crippen molar-refractivity contribution in [1.82, 2.24) is 9.62 Å². The van der Waals surface area contributed by atoms with E-state index in [-0.39, 0.29) is 46.5 Å². The average molecular weight is 547 g/mol. The number of hydrogen-bond acceptors (Lipinski definition) is 7. The van der Waals surface area contributed by atoms with Crippen LogP contribution in [0.15, 0.2) is 69.3 Å². The molecule has 2 aliphatic rings. The molecule has 1 saturated heterocycles. The Morgan fingerprint density at radius 3 is 2.38 bits per heavy atom. The van der Waals surface area contributed by atoms with E-state index in [9.17, 15) is 22.8 Å². The zero-order chi connectivity index (χ0) is 24.5. The third-order valence-electron chi connectivity index (χ3n) is 5.81. The summed E-state index contributed by atoms with van der Waals surface area (Å²) in [5.74, 6) is -1.91. The minimum atomic E-state index is -4.17. The molecule has 0 bridgehead atoms. The molecule has 0 radical (unpaired) electrons. The first-order chi connectivity index (χ1) is 16.2. The molecule has 1 aliphatic carbocycles. The second-order valence-corrected chi connectivity index (χ2v) is 10.6. The fourth-order valence-corrected chi connectivity index (χ4v) is 5.53. The molecule has 0 amide bonds. The molecule has 178 valence electrons. The lowest BCUT2D eigenvalue weighted by atomic mass is 9.88. The van der Waals surface area contributed by atoms with Crippen molar-refractivity contribution in [3.8, 4) is 0 Å². The van der Waals surface area contributed by atoms with Gasteiger partial charge in [0.1, 0.15) is 11.4 Å². The van der Waals surface area contributed by atoms with Crippen molar-refractivity contribution in [3.05, 3.63) is 75.5 Å². The molecular formula is C24H23BrN2O6S. The van der Waals surface area contributed by atoms with Gasteiger partial charge in [0.2, 0.25) is 11.6 Å². The predicted octanol–water partition coefficient (Wildman–Crippen LogP) is 3.29. The first-order valence-corrected chi connectivity index (χ1v) is 13.1. The molecule has 34 heavy (non-hydrogen) atoms. The number of nitrogens with zero attached hydrogens (tertiary/aromatic N) is 1. The molecule has 0 aromatic heterocycles. The van der Waals surface area contributed by atoms with E-state index in [1.165, 1.54) is 18.2 Å². The number of ether oxygens (including phenoxy) is 1. The largest absolute Gasteiger partial charge is 0.466 e. The minimum Gasteiger partial charge on any atom is -0.466 e. The van der Waals surface area contributed by atoms with Gasteiger partial charge in [-0.1, -0.05) is 40.2 Å². The number of ketones is 2. The van der Waals surface area contributed by atoms with Crippen LogP contribution in [0.4, 0.5) is 0 Å². The Balaban J connectivity index is 1.78. The molecule has 10 heteroatoms. The molecule has 1 fully saturated rings. The number of carbonyl (C=O) groups excluding carboxylic acids is 3. The van der Waals surface area contributed by atoms with E-state index in [4.69, 9.17) is 4.74 Å². The normalized spacial score (nSPS) is 18.5. The second-order valence-electron chi connectivity index (χ2n) is 8.02. The van der Waals surface area contributed by atoms with Crippen LogP contribution in [0.5, 0.6) is 0 Å². The van der Waals surface area contributed by atoms with Crippen molar-refractivity contribution in [2.45, 2.75) is 24.7 Å². The lowest BCUT2D eigenvalue weighted by Crippen LogP contribution is -2.45. The summed E-state index contributed by atoms with van der Waals surface area (Å²) in [4.78, 5) is 40.9. The van der Waals surface area contributed by atoms with Crippen molar-refractivity contribution in [3.63, 3.8) is 0 Å². The number of esters is 1. The Hall–Kier alpha value is -2.98. The molecule has 1 heterocycles. The molecule has 1 N–H and O–H groups in total. The van der Waals surface area contributed by atoms with Gasteiger partial charge < -0.3 is 9.64 Å². The summed E-state index contributed by atoms with van der Waals surface area (Å²) in [6.45, 7) is 2.51. The maximum Gasteiger partial charge on any atom is 0.310 e. The lowest BCUT2D eigenvalue weighted by molar-refractivity contribution is -0.149. The van der Waals surface area contributed by atoms with Gasteiger partial charge >= 0.3 is 5.97 Å². The summed E-state index contributed by atoms with van der Waals surface area (Å²) in [5.41, 5.74) is -0.0226. The molecule has 4 rings (SSSR count). The molecule has 0 unspecified atom stereocenters. The van der Waals surface area contributed by atoms with E-state index in [0.717, 1.165) is 0 Å². The van der Waals surface area contributed by atoms with Crippen molar-refractivity contribution in [2.75, 3.05) is 19.7 Å². The number of sulfonamides is 1. The molecule has 2 aromatic carbocycles. The number of hydrogen-bond donors (Lipinski definition) is 1. The van der Waals surface area contributed by atoms with Gasteiger partial charge in [-0.25, -0.2) is 8.42 Å². The first-order valence-electron chi connectivity index (χ1n) is 10.9. The van der Waals surface area contributed by atoms with Gasteiger partial charge in [0, 0.05) is 28.7 Å². The number of Topliss-reactive ketones (excluding diaryl/α,β-unsaturated/α-hetero) is 2. The van der Waals surface area contributed by atoms with Crippen LogP contribution in [0.3, 0.4) is 0 Å². The predicted molar refractivity (Wildman–Crippen MR) is 128 cm³/mol. The number of carbonyl (C=O) groups is 3. The third kappa shape index (κ3) is 4.65. The van der Waals surface area contributed by atoms with Crippen LogP contribution in [-0.2, 0) is 19.6 Å². The Labute approximate surface area is 206 Å². The van der Waals surface area contributed by atoms with Crippen LogP contribution in [0.1, 0.15) is 40.5 Å². The highest BCUT2D eigenvalue weighted by atomic mass is 79.9. The highest BCUT2D eigenvalue weighted by molar-refractivity contribution is 9.10.